The first-order valence-electron chi connectivity index (χ1n) is 6.79. The van der Waals surface area contributed by atoms with Crippen LogP contribution in [0.4, 0.5) is 0 Å². The van der Waals surface area contributed by atoms with E-state index in [1.807, 2.05) is 55.4 Å². The fraction of sp³-hybridized carbons (Fsp3) is 1.00. The SMILES string of the molecule is CC(C)O[PH](=O)OC(C)C.CC(C)O[PH](=O)OC(C)C.[Zn]. The molecule has 0 aromatic carbocycles. The van der Waals surface area contributed by atoms with Crippen LogP contribution in [0.3, 0.4) is 0 Å². The molecular weight excluding hydrogens is 367 g/mol. The molecule has 0 aliphatic heterocycles. The van der Waals surface area contributed by atoms with Gasteiger partial charge in [-0.3, -0.25) is 9.13 Å². The van der Waals surface area contributed by atoms with E-state index < -0.39 is 16.5 Å². The van der Waals surface area contributed by atoms with Crippen LogP contribution in [-0.4, -0.2) is 24.4 Å². The van der Waals surface area contributed by atoms with Crippen molar-refractivity contribution in [3.05, 3.63) is 0 Å². The quantitative estimate of drug-likeness (QED) is 0.445. The van der Waals surface area contributed by atoms with Gasteiger partial charge in [0.15, 0.2) is 0 Å². The number of hydrogen-bond acceptors (Lipinski definition) is 6. The van der Waals surface area contributed by atoms with Crippen molar-refractivity contribution in [3.8, 4) is 0 Å². The second-order valence-electron chi connectivity index (χ2n) is 5.17. The summed E-state index contributed by atoms with van der Waals surface area (Å²) in [6, 6.07) is 0. The molecule has 0 heterocycles. The van der Waals surface area contributed by atoms with Gasteiger partial charge in [0, 0.05) is 19.5 Å². The predicted octanol–water partition coefficient (Wildman–Crippen LogP) is 4.45. The van der Waals surface area contributed by atoms with Crippen LogP contribution in [0.2, 0.25) is 0 Å². The summed E-state index contributed by atoms with van der Waals surface area (Å²) in [5, 5.41) is 0. The van der Waals surface area contributed by atoms with Gasteiger partial charge in [-0.05, 0) is 55.4 Å². The molecule has 0 aromatic heterocycles. The Morgan fingerprint density at radius 3 is 0.762 bits per heavy atom. The molecule has 9 heteroatoms. The molecular formula is C12H30O6P2Zn. The molecule has 6 nitrogen and oxygen atoms in total. The van der Waals surface area contributed by atoms with Gasteiger partial charge in [-0.1, -0.05) is 0 Å². The summed E-state index contributed by atoms with van der Waals surface area (Å²) in [5.41, 5.74) is 0. The molecule has 0 spiro atoms. The van der Waals surface area contributed by atoms with E-state index >= 15 is 0 Å². The van der Waals surface area contributed by atoms with Gasteiger partial charge < -0.3 is 18.1 Å². The summed E-state index contributed by atoms with van der Waals surface area (Å²) in [7, 11) is -4.48. The van der Waals surface area contributed by atoms with Crippen molar-refractivity contribution in [2.75, 3.05) is 0 Å². The summed E-state index contributed by atoms with van der Waals surface area (Å²) in [4.78, 5) is 0. The van der Waals surface area contributed by atoms with Gasteiger partial charge in [-0.25, -0.2) is 0 Å². The molecule has 0 unspecified atom stereocenters. The smallest absolute Gasteiger partial charge is 0.308 e. The molecule has 0 aliphatic carbocycles. The molecule has 0 aliphatic rings. The third-order valence-corrected chi connectivity index (χ3v) is 3.98. The van der Waals surface area contributed by atoms with E-state index in [9.17, 15) is 9.13 Å². The van der Waals surface area contributed by atoms with Crippen LogP contribution in [0, 0.1) is 0 Å². The van der Waals surface area contributed by atoms with Gasteiger partial charge >= 0.3 is 16.5 Å². The Morgan fingerprint density at radius 1 is 0.524 bits per heavy atom. The molecule has 0 radical (unpaired) electrons. The standard InChI is InChI=1S/2C6H15O3P.Zn/c2*1-5(2)8-10(7)9-6(3)4;/h2*5-6,10H,1-4H3;. The largest absolute Gasteiger partial charge is 0.319 e. The van der Waals surface area contributed by atoms with E-state index in [2.05, 4.69) is 0 Å². The second-order valence-corrected chi connectivity index (χ2v) is 7.11. The Hall–Kier alpha value is 0.923. The average molecular weight is 398 g/mol. The van der Waals surface area contributed by atoms with Crippen LogP contribution in [0.25, 0.3) is 0 Å². The molecule has 0 N–H and O–H groups in total. The Morgan fingerprint density at radius 2 is 0.667 bits per heavy atom. The zero-order valence-electron chi connectivity index (χ0n) is 14.5. The fourth-order valence-electron chi connectivity index (χ4n) is 0.825. The minimum absolute atomic E-state index is 0. The van der Waals surface area contributed by atoms with Crippen LogP contribution >= 0.6 is 16.5 Å². The van der Waals surface area contributed by atoms with Gasteiger partial charge in [0.2, 0.25) is 0 Å². The van der Waals surface area contributed by atoms with Crippen LogP contribution in [-0.2, 0) is 46.7 Å². The average Bonchev–Trinajstić information content (AvgIpc) is 2.11. The van der Waals surface area contributed by atoms with Crippen LogP contribution < -0.4 is 0 Å². The summed E-state index contributed by atoms with van der Waals surface area (Å²) >= 11 is 0. The van der Waals surface area contributed by atoms with E-state index in [1.165, 1.54) is 0 Å². The maximum absolute atomic E-state index is 10.8. The molecule has 0 saturated heterocycles. The summed E-state index contributed by atoms with van der Waals surface area (Å²) in [6.45, 7) is 14.6. The first kappa shape index (κ1) is 26.8. The first-order chi connectivity index (χ1) is 9.04. The predicted molar refractivity (Wildman–Crippen MR) is 82.9 cm³/mol. The first-order valence-corrected chi connectivity index (χ1v) is 9.24. The molecule has 0 fully saturated rings. The van der Waals surface area contributed by atoms with Crippen LogP contribution in [0.15, 0.2) is 0 Å². The van der Waals surface area contributed by atoms with Crippen molar-refractivity contribution in [2.24, 2.45) is 0 Å². The zero-order chi connectivity index (χ0) is 16.3. The van der Waals surface area contributed by atoms with Gasteiger partial charge in [-0.15, -0.1) is 0 Å². The molecule has 126 valence electrons. The summed E-state index contributed by atoms with van der Waals surface area (Å²) in [6.07, 6.45) is -0.0921. The van der Waals surface area contributed by atoms with Crippen LogP contribution in [0.1, 0.15) is 55.4 Å². The zero-order valence-corrected chi connectivity index (χ0v) is 19.4. The van der Waals surface area contributed by atoms with Crippen molar-refractivity contribution in [1.82, 2.24) is 0 Å². The molecule has 0 amide bonds. The third kappa shape index (κ3) is 26.2. The monoisotopic (exact) mass is 396 g/mol. The van der Waals surface area contributed by atoms with Gasteiger partial charge in [-0.2, -0.15) is 0 Å². The Kier molecular flexibility index (Phi) is 20.2. The normalized spacial score (nSPS) is 11.3. The Bertz CT molecular complexity index is 233. The summed E-state index contributed by atoms with van der Waals surface area (Å²) < 4.78 is 41.1. The maximum atomic E-state index is 10.8. The van der Waals surface area contributed by atoms with E-state index in [0.717, 1.165) is 0 Å². The molecule has 0 rings (SSSR count). The van der Waals surface area contributed by atoms with Gasteiger partial charge in [0.1, 0.15) is 0 Å². The van der Waals surface area contributed by atoms with E-state index in [0.29, 0.717) is 0 Å². The van der Waals surface area contributed by atoms with Gasteiger partial charge in [0.05, 0.1) is 24.4 Å². The van der Waals surface area contributed by atoms with Crippen molar-refractivity contribution < 1.29 is 46.7 Å². The number of rotatable bonds is 8. The topological polar surface area (TPSA) is 71.1 Å². The molecule has 0 atom stereocenters. The Balaban J connectivity index is -0.000000295. The molecule has 21 heavy (non-hydrogen) atoms. The number of hydrogen-bond donors (Lipinski definition) is 0. The molecule has 0 aromatic rings. The van der Waals surface area contributed by atoms with Crippen molar-refractivity contribution in [3.63, 3.8) is 0 Å². The van der Waals surface area contributed by atoms with E-state index in [-0.39, 0.29) is 43.9 Å². The van der Waals surface area contributed by atoms with Crippen LogP contribution in [0.5, 0.6) is 0 Å². The summed E-state index contributed by atoms with van der Waals surface area (Å²) in [5.74, 6) is 0. The van der Waals surface area contributed by atoms with Crippen molar-refractivity contribution >= 4 is 16.5 Å². The molecule has 0 bridgehead atoms. The van der Waals surface area contributed by atoms with Crippen molar-refractivity contribution in [1.29, 1.82) is 0 Å². The van der Waals surface area contributed by atoms with Crippen molar-refractivity contribution in [2.45, 2.75) is 79.8 Å². The Labute approximate surface area is 143 Å². The second kappa shape index (κ2) is 15.8. The fourth-order valence-corrected chi connectivity index (χ4v) is 2.48. The maximum Gasteiger partial charge on any atom is 0.319 e. The third-order valence-electron chi connectivity index (χ3n) is 1.33. The minimum Gasteiger partial charge on any atom is -0.308 e. The van der Waals surface area contributed by atoms with E-state index in [1.54, 1.807) is 0 Å². The van der Waals surface area contributed by atoms with E-state index in [4.69, 9.17) is 18.1 Å². The molecule has 0 saturated carbocycles. The van der Waals surface area contributed by atoms with Gasteiger partial charge in [0.25, 0.3) is 0 Å². The minimum atomic E-state index is -2.24.